The van der Waals surface area contributed by atoms with Gasteiger partial charge in [0.05, 0.1) is 6.54 Å². The molecule has 3 aromatic rings. The second-order valence-electron chi connectivity index (χ2n) is 8.42. The molecule has 0 atom stereocenters. The number of hydrogen-bond acceptors (Lipinski definition) is 4. The van der Waals surface area contributed by atoms with Gasteiger partial charge >= 0.3 is 0 Å². The summed E-state index contributed by atoms with van der Waals surface area (Å²) in [5.41, 5.74) is 3.24. The highest BCUT2D eigenvalue weighted by molar-refractivity contribution is 6.30. The summed E-state index contributed by atoms with van der Waals surface area (Å²) in [6, 6.07) is 15.0. The number of nitrogens with zero attached hydrogens (tertiary/aromatic N) is 3. The molecule has 1 saturated heterocycles. The summed E-state index contributed by atoms with van der Waals surface area (Å²) < 4.78 is 20.8. The molecule has 1 fully saturated rings. The minimum absolute atomic E-state index is 0.0318. The predicted octanol–water partition coefficient (Wildman–Crippen LogP) is 4.29. The molecule has 0 radical (unpaired) electrons. The van der Waals surface area contributed by atoms with Crippen LogP contribution in [0.5, 0.6) is 5.75 Å². The minimum Gasteiger partial charge on any atom is -0.484 e. The maximum Gasteiger partial charge on any atom is 0.260 e. The van der Waals surface area contributed by atoms with E-state index in [1.807, 2.05) is 24.5 Å². The van der Waals surface area contributed by atoms with E-state index < -0.39 is 0 Å². The van der Waals surface area contributed by atoms with Crippen LogP contribution in [-0.2, 0) is 4.79 Å². The molecule has 0 unspecified atom stereocenters. The lowest BCUT2D eigenvalue weighted by Gasteiger charge is -2.34. The van der Waals surface area contributed by atoms with Gasteiger partial charge in [-0.15, -0.1) is 0 Å². The molecule has 6 nitrogen and oxygen atoms in total. The summed E-state index contributed by atoms with van der Waals surface area (Å²) in [4.78, 5) is 29.4. The SMILES string of the molecule is Cc1cc(C(=O)CN2CCN(C(=O)COc3ccc(Cl)cc3)CC2)c(C)n1-c1ccc(F)cc1. The molecule has 0 spiro atoms. The Labute approximate surface area is 203 Å². The Hall–Kier alpha value is -3.16. The van der Waals surface area contributed by atoms with E-state index in [-0.39, 0.29) is 30.7 Å². The Bertz CT molecular complexity index is 1170. The molecule has 0 N–H and O–H groups in total. The van der Waals surface area contributed by atoms with E-state index in [4.69, 9.17) is 16.3 Å². The van der Waals surface area contributed by atoms with Gasteiger partial charge in [0.15, 0.2) is 12.4 Å². The standard InChI is InChI=1S/C26H27ClFN3O3/c1-18-15-24(19(2)31(18)22-7-5-21(28)6-8-22)25(32)16-29-11-13-30(14-12-29)26(33)17-34-23-9-3-20(27)4-10-23/h3-10,15H,11-14,16-17H2,1-2H3. The Balaban J connectivity index is 1.30. The van der Waals surface area contributed by atoms with Crippen LogP contribution in [0.3, 0.4) is 0 Å². The van der Waals surface area contributed by atoms with Crippen LogP contribution in [0.15, 0.2) is 54.6 Å². The topological polar surface area (TPSA) is 54.8 Å². The van der Waals surface area contributed by atoms with Crippen molar-refractivity contribution in [1.82, 2.24) is 14.4 Å². The molecule has 2 aromatic carbocycles. The van der Waals surface area contributed by atoms with E-state index in [9.17, 15) is 14.0 Å². The van der Waals surface area contributed by atoms with Crippen LogP contribution in [0.4, 0.5) is 4.39 Å². The summed E-state index contributed by atoms with van der Waals surface area (Å²) in [5.74, 6) is 0.257. The van der Waals surface area contributed by atoms with Gasteiger partial charge in [-0.05, 0) is 68.4 Å². The van der Waals surface area contributed by atoms with E-state index in [2.05, 4.69) is 4.90 Å². The van der Waals surface area contributed by atoms with E-state index in [0.29, 0.717) is 42.5 Å². The maximum absolute atomic E-state index is 13.3. The van der Waals surface area contributed by atoms with Crippen LogP contribution in [0, 0.1) is 19.7 Å². The summed E-state index contributed by atoms with van der Waals surface area (Å²) >= 11 is 5.86. The second-order valence-corrected chi connectivity index (χ2v) is 8.86. The molecule has 4 rings (SSSR count). The molecule has 2 heterocycles. The van der Waals surface area contributed by atoms with Gasteiger partial charge in [0.2, 0.25) is 0 Å². The average Bonchev–Trinajstić information content (AvgIpc) is 3.13. The van der Waals surface area contributed by atoms with Crippen LogP contribution in [0.2, 0.25) is 5.02 Å². The molecule has 0 saturated carbocycles. The molecule has 1 aliphatic heterocycles. The number of benzene rings is 2. The van der Waals surface area contributed by atoms with E-state index in [1.54, 1.807) is 41.3 Å². The first kappa shape index (κ1) is 24.0. The molecule has 8 heteroatoms. The fourth-order valence-corrected chi connectivity index (χ4v) is 4.37. The van der Waals surface area contributed by atoms with Crippen LogP contribution in [-0.4, -0.2) is 65.4 Å². The van der Waals surface area contributed by atoms with Gasteiger partial charge in [0.25, 0.3) is 5.91 Å². The number of Topliss-reactive ketones (excluding diaryl/α,β-unsaturated/α-hetero) is 1. The molecule has 0 bridgehead atoms. The number of aryl methyl sites for hydroxylation is 1. The quantitative estimate of drug-likeness (QED) is 0.470. The first-order valence-corrected chi connectivity index (χ1v) is 11.6. The number of ketones is 1. The smallest absolute Gasteiger partial charge is 0.260 e. The normalized spacial score (nSPS) is 14.3. The van der Waals surface area contributed by atoms with Gasteiger partial charge in [-0.1, -0.05) is 11.6 Å². The third kappa shape index (κ3) is 5.48. The summed E-state index contributed by atoms with van der Waals surface area (Å²) in [6.07, 6.45) is 0. The van der Waals surface area contributed by atoms with E-state index in [1.165, 1.54) is 12.1 Å². The Morgan fingerprint density at radius 2 is 1.62 bits per heavy atom. The Kier molecular flexibility index (Phi) is 7.34. The molecule has 0 aliphatic carbocycles. The van der Waals surface area contributed by atoms with Gasteiger partial charge in [-0.3, -0.25) is 14.5 Å². The summed E-state index contributed by atoms with van der Waals surface area (Å²) in [7, 11) is 0. The first-order valence-electron chi connectivity index (χ1n) is 11.2. The number of aromatic nitrogens is 1. The number of carbonyl (C=O) groups excluding carboxylic acids is 2. The van der Waals surface area contributed by atoms with Crippen LogP contribution >= 0.6 is 11.6 Å². The number of rotatable bonds is 7. The van der Waals surface area contributed by atoms with Gasteiger partial charge in [-0.25, -0.2) is 4.39 Å². The van der Waals surface area contributed by atoms with E-state index >= 15 is 0 Å². The highest BCUT2D eigenvalue weighted by Crippen LogP contribution is 2.22. The zero-order chi connectivity index (χ0) is 24.2. The monoisotopic (exact) mass is 483 g/mol. The molecule has 1 amide bonds. The molecular weight excluding hydrogens is 457 g/mol. The molecule has 1 aromatic heterocycles. The number of piperazine rings is 1. The van der Waals surface area contributed by atoms with Crippen molar-refractivity contribution in [3.63, 3.8) is 0 Å². The van der Waals surface area contributed by atoms with Crippen molar-refractivity contribution in [3.05, 3.63) is 82.4 Å². The molecule has 1 aliphatic rings. The van der Waals surface area contributed by atoms with Gasteiger partial charge < -0.3 is 14.2 Å². The zero-order valence-electron chi connectivity index (χ0n) is 19.3. The van der Waals surface area contributed by atoms with Crippen LogP contribution in [0.1, 0.15) is 21.7 Å². The lowest BCUT2D eigenvalue weighted by molar-refractivity contribution is -0.135. The molecule has 178 valence electrons. The third-order valence-corrected chi connectivity index (χ3v) is 6.34. The van der Waals surface area contributed by atoms with Gasteiger partial charge in [0.1, 0.15) is 11.6 Å². The van der Waals surface area contributed by atoms with Crippen molar-refractivity contribution in [3.8, 4) is 11.4 Å². The van der Waals surface area contributed by atoms with E-state index in [0.717, 1.165) is 17.1 Å². The number of ether oxygens (including phenoxy) is 1. The van der Waals surface area contributed by atoms with Gasteiger partial charge in [-0.2, -0.15) is 0 Å². The molecule has 34 heavy (non-hydrogen) atoms. The average molecular weight is 484 g/mol. The fraction of sp³-hybridized carbons (Fsp3) is 0.308. The lowest BCUT2D eigenvalue weighted by Crippen LogP contribution is -2.51. The first-order chi connectivity index (χ1) is 16.3. The zero-order valence-corrected chi connectivity index (χ0v) is 20.0. The fourth-order valence-electron chi connectivity index (χ4n) is 4.24. The predicted molar refractivity (Wildman–Crippen MR) is 129 cm³/mol. The van der Waals surface area contributed by atoms with Crippen molar-refractivity contribution in [2.45, 2.75) is 13.8 Å². The van der Waals surface area contributed by atoms with Crippen molar-refractivity contribution in [2.75, 3.05) is 39.3 Å². The highest BCUT2D eigenvalue weighted by Gasteiger charge is 2.24. The third-order valence-electron chi connectivity index (χ3n) is 6.08. The van der Waals surface area contributed by atoms with Crippen LogP contribution < -0.4 is 4.74 Å². The highest BCUT2D eigenvalue weighted by atomic mass is 35.5. The van der Waals surface area contributed by atoms with Crippen molar-refractivity contribution >= 4 is 23.3 Å². The number of halogens is 2. The maximum atomic E-state index is 13.3. The number of carbonyl (C=O) groups is 2. The number of hydrogen-bond donors (Lipinski definition) is 0. The van der Waals surface area contributed by atoms with Crippen molar-refractivity contribution in [1.29, 1.82) is 0 Å². The summed E-state index contributed by atoms with van der Waals surface area (Å²) in [5, 5.41) is 0.613. The second kappa shape index (κ2) is 10.4. The van der Waals surface area contributed by atoms with Crippen molar-refractivity contribution < 1.29 is 18.7 Å². The number of amides is 1. The van der Waals surface area contributed by atoms with Crippen molar-refractivity contribution in [2.24, 2.45) is 0 Å². The minimum atomic E-state index is -0.295. The summed E-state index contributed by atoms with van der Waals surface area (Å²) in [6.45, 7) is 6.43. The Morgan fingerprint density at radius 1 is 0.971 bits per heavy atom. The molecular formula is C26H27ClFN3O3. The Morgan fingerprint density at radius 3 is 2.26 bits per heavy atom. The van der Waals surface area contributed by atoms with Crippen LogP contribution in [0.25, 0.3) is 5.69 Å². The van der Waals surface area contributed by atoms with Gasteiger partial charge in [0, 0.05) is 53.8 Å². The lowest BCUT2D eigenvalue weighted by atomic mass is 10.1. The largest absolute Gasteiger partial charge is 0.484 e.